The molecule has 0 radical (unpaired) electrons. The van der Waals surface area contributed by atoms with Crippen LogP contribution in [0, 0.1) is 5.82 Å². The van der Waals surface area contributed by atoms with Gasteiger partial charge in [-0.2, -0.15) is 0 Å². The molecule has 0 bridgehead atoms. The summed E-state index contributed by atoms with van der Waals surface area (Å²) in [6, 6.07) is 16.3. The highest BCUT2D eigenvalue weighted by molar-refractivity contribution is 9.10. The summed E-state index contributed by atoms with van der Waals surface area (Å²) in [6.45, 7) is 2.38. The third-order valence-corrected chi connectivity index (χ3v) is 6.41. The molecule has 0 atom stereocenters. The number of ether oxygens (including phenoxy) is 2. The first-order valence-electron chi connectivity index (χ1n) is 10.8. The molecule has 1 saturated heterocycles. The number of hydrogen-bond acceptors (Lipinski definition) is 5. The molecule has 1 fully saturated rings. The molecule has 0 saturated carbocycles. The zero-order chi connectivity index (χ0) is 25.8. The van der Waals surface area contributed by atoms with Gasteiger partial charge in [-0.15, -0.1) is 0 Å². The van der Waals surface area contributed by atoms with Gasteiger partial charge in [0.1, 0.15) is 18.0 Å². The Kier molecular flexibility index (Phi) is 8.03. The maximum Gasteiger partial charge on any atom is 0.270 e. The zero-order valence-corrected chi connectivity index (χ0v) is 22.0. The normalized spacial score (nSPS) is 14.7. The highest BCUT2D eigenvalue weighted by Gasteiger charge is 2.35. The van der Waals surface area contributed by atoms with E-state index in [0.29, 0.717) is 33.2 Å². The third kappa shape index (κ3) is 5.43. The second kappa shape index (κ2) is 11.2. The van der Waals surface area contributed by atoms with E-state index in [1.54, 1.807) is 24.3 Å². The molecule has 1 heterocycles. The van der Waals surface area contributed by atoms with E-state index in [-0.39, 0.29) is 23.0 Å². The Labute approximate surface area is 225 Å². The Bertz CT molecular complexity index is 1400. The quantitative estimate of drug-likeness (QED) is 0.206. The fourth-order valence-corrected chi connectivity index (χ4v) is 4.55. The van der Waals surface area contributed by atoms with E-state index in [0.717, 1.165) is 10.5 Å². The molecular formula is C26H19BrClFN2O4S. The van der Waals surface area contributed by atoms with Gasteiger partial charge in [-0.3, -0.25) is 14.9 Å². The summed E-state index contributed by atoms with van der Waals surface area (Å²) in [5.41, 5.74) is 1.01. The summed E-state index contributed by atoms with van der Waals surface area (Å²) in [4.78, 5) is 26.8. The van der Waals surface area contributed by atoms with Crippen LogP contribution in [0.3, 0.4) is 0 Å². The predicted octanol–water partition coefficient (Wildman–Crippen LogP) is 6.05. The number of halogens is 3. The van der Waals surface area contributed by atoms with Gasteiger partial charge in [-0.1, -0.05) is 41.9 Å². The van der Waals surface area contributed by atoms with Gasteiger partial charge in [0.05, 0.1) is 16.8 Å². The first kappa shape index (κ1) is 25.8. The lowest BCUT2D eigenvalue weighted by molar-refractivity contribution is -0.122. The largest absolute Gasteiger partial charge is 0.490 e. The van der Waals surface area contributed by atoms with Gasteiger partial charge in [-0.25, -0.2) is 9.29 Å². The number of amides is 2. The monoisotopic (exact) mass is 588 g/mol. The van der Waals surface area contributed by atoms with Crippen molar-refractivity contribution in [3.05, 3.63) is 92.7 Å². The number of hydrogen-bond donors (Lipinski definition) is 1. The third-order valence-electron chi connectivity index (χ3n) is 5.17. The van der Waals surface area contributed by atoms with Crippen molar-refractivity contribution in [2.75, 3.05) is 11.5 Å². The van der Waals surface area contributed by atoms with Gasteiger partial charge < -0.3 is 9.47 Å². The van der Waals surface area contributed by atoms with Gasteiger partial charge in [0.25, 0.3) is 11.8 Å². The molecule has 10 heteroatoms. The molecule has 1 N–H and O–H groups in total. The molecule has 0 aromatic heterocycles. The summed E-state index contributed by atoms with van der Waals surface area (Å²) in [5.74, 6) is -1.25. The molecule has 4 rings (SSSR count). The van der Waals surface area contributed by atoms with Crippen LogP contribution in [-0.4, -0.2) is 23.5 Å². The molecule has 3 aromatic rings. The van der Waals surface area contributed by atoms with Crippen LogP contribution in [0.25, 0.3) is 6.08 Å². The summed E-state index contributed by atoms with van der Waals surface area (Å²) in [6.07, 6.45) is 1.39. The summed E-state index contributed by atoms with van der Waals surface area (Å²) < 4.78 is 26.7. The fraction of sp³-hybridized carbons (Fsp3) is 0.115. The van der Waals surface area contributed by atoms with E-state index >= 15 is 0 Å². The van der Waals surface area contributed by atoms with Gasteiger partial charge in [0.15, 0.2) is 16.6 Å². The second-order valence-corrected chi connectivity index (χ2v) is 9.20. The van der Waals surface area contributed by atoms with Crippen LogP contribution >= 0.6 is 39.7 Å². The lowest BCUT2D eigenvalue weighted by Crippen LogP contribution is -2.54. The molecule has 0 unspecified atom stereocenters. The molecule has 0 spiro atoms. The number of anilines is 1. The average Bonchev–Trinajstić information content (AvgIpc) is 2.83. The van der Waals surface area contributed by atoms with Crippen molar-refractivity contribution >= 4 is 68.4 Å². The number of carbonyl (C=O) groups excluding carboxylic acids is 2. The maximum atomic E-state index is 14.4. The van der Waals surface area contributed by atoms with E-state index in [2.05, 4.69) is 21.2 Å². The highest BCUT2D eigenvalue weighted by atomic mass is 79.9. The van der Waals surface area contributed by atoms with Crippen molar-refractivity contribution < 1.29 is 23.5 Å². The molecule has 0 aliphatic carbocycles. The first-order chi connectivity index (χ1) is 17.3. The number of para-hydroxylation sites is 1. The standard InChI is InChI=1S/C26H19BrClFN2O4S/c1-2-34-22-13-15(12-18(27)23(22)35-14-16-7-3-4-8-19(16)28)11-17-24(32)30-26(36)31(25(17)33)21-10-6-5-9-20(21)29/h3-13H,2,14H2,1H3,(H,30,32,36)/b17-11+. The van der Waals surface area contributed by atoms with Crippen LogP contribution in [0.15, 0.2) is 70.7 Å². The van der Waals surface area contributed by atoms with E-state index in [4.69, 9.17) is 33.3 Å². The van der Waals surface area contributed by atoms with Crippen LogP contribution in [-0.2, 0) is 16.2 Å². The van der Waals surface area contributed by atoms with Gasteiger partial charge in [0, 0.05) is 10.6 Å². The Morgan fingerprint density at radius 3 is 2.56 bits per heavy atom. The lowest BCUT2D eigenvalue weighted by atomic mass is 10.1. The van der Waals surface area contributed by atoms with Crippen molar-refractivity contribution in [1.29, 1.82) is 0 Å². The van der Waals surface area contributed by atoms with Crippen LogP contribution in [0.5, 0.6) is 11.5 Å². The van der Waals surface area contributed by atoms with Crippen molar-refractivity contribution in [1.82, 2.24) is 5.32 Å². The number of nitrogens with one attached hydrogen (secondary N) is 1. The SMILES string of the molecule is CCOc1cc(/C=C2\C(=O)NC(=S)N(c3ccccc3F)C2=O)cc(Br)c1OCc1ccccc1Cl. The second-order valence-electron chi connectivity index (χ2n) is 7.55. The topological polar surface area (TPSA) is 67.9 Å². The Morgan fingerprint density at radius 2 is 1.83 bits per heavy atom. The Morgan fingerprint density at radius 1 is 1.11 bits per heavy atom. The number of thiocarbonyl (C=S) groups is 1. The number of benzene rings is 3. The number of carbonyl (C=O) groups is 2. The van der Waals surface area contributed by atoms with Crippen molar-refractivity contribution in [3.8, 4) is 11.5 Å². The molecule has 36 heavy (non-hydrogen) atoms. The summed E-state index contributed by atoms with van der Waals surface area (Å²) in [5, 5.41) is 2.82. The molecule has 1 aliphatic heterocycles. The predicted molar refractivity (Wildman–Crippen MR) is 144 cm³/mol. The van der Waals surface area contributed by atoms with E-state index < -0.39 is 17.6 Å². The lowest BCUT2D eigenvalue weighted by Gasteiger charge is -2.29. The summed E-state index contributed by atoms with van der Waals surface area (Å²) >= 11 is 14.9. The number of nitrogens with zero attached hydrogens (tertiary/aromatic N) is 1. The van der Waals surface area contributed by atoms with Crippen LogP contribution in [0.2, 0.25) is 5.02 Å². The van der Waals surface area contributed by atoms with Crippen molar-refractivity contribution in [2.45, 2.75) is 13.5 Å². The smallest absolute Gasteiger partial charge is 0.270 e. The van der Waals surface area contributed by atoms with Gasteiger partial charge in [0.2, 0.25) is 0 Å². The Balaban J connectivity index is 1.68. The highest BCUT2D eigenvalue weighted by Crippen LogP contribution is 2.38. The molecule has 1 aliphatic rings. The van der Waals surface area contributed by atoms with Crippen molar-refractivity contribution in [3.63, 3.8) is 0 Å². The van der Waals surface area contributed by atoms with E-state index in [1.165, 1.54) is 24.3 Å². The molecule has 3 aromatic carbocycles. The van der Waals surface area contributed by atoms with Crippen LogP contribution < -0.4 is 19.7 Å². The molecular weight excluding hydrogens is 571 g/mol. The zero-order valence-electron chi connectivity index (χ0n) is 18.9. The minimum atomic E-state index is -0.748. The van der Waals surface area contributed by atoms with Gasteiger partial charge in [-0.05, 0) is 77.0 Å². The average molecular weight is 590 g/mol. The minimum absolute atomic E-state index is 0.0575. The molecule has 2 amide bonds. The first-order valence-corrected chi connectivity index (χ1v) is 12.4. The minimum Gasteiger partial charge on any atom is -0.490 e. The molecule has 184 valence electrons. The summed E-state index contributed by atoms with van der Waals surface area (Å²) in [7, 11) is 0. The Hall–Kier alpha value is -3.27. The molecule has 6 nitrogen and oxygen atoms in total. The fourth-order valence-electron chi connectivity index (χ4n) is 3.52. The van der Waals surface area contributed by atoms with E-state index in [9.17, 15) is 14.0 Å². The van der Waals surface area contributed by atoms with Crippen molar-refractivity contribution in [2.24, 2.45) is 0 Å². The van der Waals surface area contributed by atoms with Gasteiger partial charge >= 0.3 is 0 Å². The number of rotatable bonds is 7. The maximum absolute atomic E-state index is 14.4. The van der Waals surface area contributed by atoms with E-state index in [1.807, 2.05) is 25.1 Å². The van der Waals surface area contributed by atoms with Crippen LogP contribution in [0.4, 0.5) is 10.1 Å². The van der Waals surface area contributed by atoms with Crippen LogP contribution in [0.1, 0.15) is 18.1 Å².